The molecule has 4 aromatic carbocycles. The van der Waals surface area contributed by atoms with Crippen molar-refractivity contribution in [2.24, 2.45) is 0 Å². The Balaban J connectivity index is 0.00000103. The summed E-state index contributed by atoms with van der Waals surface area (Å²) in [5, 5.41) is 1.01. The van der Waals surface area contributed by atoms with Gasteiger partial charge in [0.1, 0.15) is 23.3 Å². The van der Waals surface area contributed by atoms with Gasteiger partial charge < -0.3 is 0 Å². The summed E-state index contributed by atoms with van der Waals surface area (Å²) in [6, 6.07) is 24.3. The van der Waals surface area contributed by atoms with Gasteiger partial charge in [-0.05, 0) is 48.5 Å². The van der Waals surface area contributed by atoms with E-state index in [4.69, 9.17) is 0 Å². The molecule has 0 saturated carbocycles. The molecule has 4 aromatic rings. The highest BCUT2D eigenvalue weighted by atomic mass is 31.2. The highest BCUT2D eigenvalue weighted by Gasteiger charge is 2.28. The normalized spacial score (nSPS) is 10.8. The van der Waals surface area contributed by atoms with Crippen LogP contribution in [0.2, 0.25) is 0 Å². The molecule has 176 valence electrons. The van der Waals surface area contributed by atoms with Gasteiger partial charge in [-0.15, -0.1) is 0 Å². The highest BCUT2D eigenvalue weighted by molar-refractivity contribution is 7.85. The van der Waals surface area contributed by atoms with Crippen molar-refractivity contribution in [1.29, 1.82) is 0 Å². The summed E-state index contributed by atoms with van der Waals surface area (Å²) in [6.07, 6.45) is 1.25. The second-order valence-corrected chi connectivity index (χ2v) is 11.4. The zero-order valence-electron chi connectivity index (χ0n) is 18.9. The Morgan fingerprint density at radius 2 is 0.676 bits per heavy atom. The molecule has 0 amide bonds. The van der Waals surface area contributed by atoms with E-state index in [-0.39, 0.29) is 21.2 Å². The molecule has 34 heavy (non-hydrogen) atoms. The maximum absolute atomic E-state index is 14.8. The van der Waals surface area contributed by atoms with E-state index in [1.165, 1.54) is 30.7 Å². The number of hydrogen-bond donors (Lipinski definition) is 1. The van der Waals surface area contributed by atoms with Crippen LogP contribution in [-0.4, -0.2) is 0 Å². The van der Waals surface area contributed by atoms with Crippen molar-refractivity contribution in [2.45, 2.75) is 20.3 Å². The number of rotatable bonds is 6. The van der Waals surface area contributed by atoms with Crippen LogP contribution in [0.4, 0.5) is 17.6 Å². The molecule has 0 radical (unpaired) electrons. The summed E-state index contributed by atoms with van der Waals surface area (Å²) in [4.78, 5) is 3.25. The van der Waals surface area contributed by atoms with Crippen molar-refractivity contribution in [3.8, 4) is 0 Å². The van der Waals surface area contributed by atoms with Crippen LogP contribution in [0.3, 0.4) is 0 Å². The molecule has 7 heteroatoms. The lowest BCUT2D eigenvalue weighted by molar-refractivity contribution is 0.634. The van der Waals surface area contributed by atoms with Crippen molar-refractivity contribution in [3.05, 3.63) is 120 Å². The standard InChI is InChI=1S/C24H17F4NP2.C3H8/c25-17-9-1-5-13-21(17)30(22-14-6-2-10-18(22)26)29-31(23-15-7-3-11-19(23)27)24-16-8-4-12-20(24)28;1-3-2/h1-16,29H;3H2,1-2H3. The lowest BCUT2D eigenvalue weighted by atomic mass is 10.3. The smallest absolute Gasteiger partial charge is 0.132 e. The van der Waals surface area contributed by atoms with Gasteiger partial charge in [0.25, 0.3) is 0 Å². The second kappa shape index (κ2) is 12.8. The topological polar surface area (TPSA) is 12.0 Å². The molecule has 1 nitrogen and oxygen atoms in total. The molecule has 0 saturated heterocycles. The molecule has 0 spiro atoms. The maximum atomic E-state index is 14.8. The molecule has 0 bridgehead atoms. The SMILES string of the molecule is CCC.Fc1ccccc1P(NP(c1ccccc1F)c1ccccc1F)c1ccccc1F. The van der Waals surface area contributed by atoms with Crippen LogP contribution < -0.4 is 26.1 Å². The highest BCUT2D eigenvalue weighted by Crippen LogP contribution is 2.43. The van der Waals surface area contributed by atoms with Gasteiger partial charge in [0.15, 0.2) is 0 Å². The van der Waals surface area contributed by atoms with E-state index in [1.54, 1.807) is 72.8 Å². The molecule has 0 fully saturated rings. The van der Waals surface area contributed by atoms with Gasteiger partial charge in [-0.25, -0.2) is 17.6 Å². The molecular formula is C27H25F4NP2. The van der Waals surface area contributed by atoms with Crippen LogP contribution in [0.25, 0.3) is 0 Å². The first kappa shape index (κ1) is 26.0. The third-order valence-electron chi connectivity index (χ3n) is 4.57. The summed E-state index contributed by atoms with van der Waals surface area (Å²) < 4.78 is 59.1. The number of benzene rings is 4. The molecule has 0 aliphatic heterocycles. The van der Waals surface area contributed by atoms with E-state index in [0.717, 1.165) is 0 Å². The van der Waals surface area contributed by atoms with Crippen molar-refractivity contribution < 1.29 is 17.6 Å². The van der Waals surface area contributed by atoms with Crippen LogP contribution in [0, 0.1) is 23.3 Å². The van der Waals surface area contributed by atoms with Gasteiger partial charge in [-0.1, -0.05) is 68.8 Å². The summed E-state index contributed by atoms with van der Waals surface area (Å²) in [5.74, 6) is -2.05. The average Bonchev–Trinajstić information content (AvgIpc) is 2.83. The fourth-order valence-electron chi connectivity index (χ4n) is 3.11. The van der Waals surface area contributed by atoms with Gasteiger partial charge in [0.2, 0.25) is 0 Å². The van der Waals surface area contributed by atoms with Crippen LogP contribution in [0.1, 0.15) is 20.3 Å². The number of hydrogen-bond acceptors (Lipinski definition) is 1. The Hall–Kier alpha value is -2.58. The van der Waals surface area contributed by atoms with Crippen molar-refractivity contribution in [1.82, 2.24) is 4.86 Å². The Bertz CT molecular complexity index is 1030. The number of halogens is 4. The van der Waals surface area contributed by atoms with Crippen LogP contribution in [0.15, 0.2) is 97.1 Å². The van der Waals surface area contributed by atoms with E-state index in [0.29, 0.717) is 0 Å². The second-order valence-electron chi connectivity index (χ2n) is 7.28. The van der Waals surface area contributed by atoms with E-state index in [1.807, 2.05) is 0 Å². The first-order chi connectivity index (χ1) is 16.5. The first-order valence-corrected chi connectivity index (χ1v) is 13.5. The van der Waals surface area contributed by atoms with Crippen molar-refractivity contribution in [2.75, 3.05) is 0 Å². The fourth-order valence-corrected chi connectivity index (χ4v) is 8.24. The first-order valence-electron chi connectivity index (χ1n) is 10.8. The Morgan fingerprint density at radius 1 is 0.471 bits per heavy atom. The third-order valence-corrected chi connectivity index (χ3v) is 9.55. The Kier molecular flexibility index (Phi) is 9.77. The maximum Gasteiger partial charge on any atom is 0.132 e. The zero-order valence-corrected chi connectivity index (χ0v) is 20.6. The minimum Gasteiger partial charge on any atom is -0.259 e. The molecule has 0 heterocycles. The summed E-state index contributed by atoms with van der Waals surface area (Å²) in [6.45, 7) is 4.25. The predicted molar refractivity (Wildman–Crippen MR) is 137 cm³/mol. The van der Waals surface area contributed by atoms with Crippen molar-refractivity contribution >= 4 is 37.4 Å². The molecule has 0 aliphatic carbocycles. The van der Waals surface area contributed by atoms with E-state index >= 15 is 0 Å². The third kappa shape index (κ3) is 6.30. The van der Waals surface area contributed by atoms with Gasteiger partial charge in [0, 0.05) is 37.4 Å². The largest absolute Gasteiger partial charge is 0.259 e. The molecule has 1 N–H and O–H groups in total. The molecular weight excluding hydrogens is 476 g/mol. The summed E-state index contributed by atoms with van der Waals surface area (Å²) in [5.41, 5.74) is 0. The molecule has 4 rings (SSSR count). The number of nitrogens with one attached hydrogen (secondary N) is 1. The van der Waals surface area contributed by atoms with E-state index in [2.05, 4.69) is 18.7 Å². The van der Waals surface area contributed by atoms with Crippen LogP contribution in [-0.2, 0) is 0 Å². The minimum atomic E-state index is -1.81. The molecule has 0 atom stereocenters. The van der Waals surface area contributed by atoms with Gasteiger partial charge in [0.05, 0.1) is 0 Å². The van der Waals surface area contributed by atoms with Gasteiger partial charge >= 0.3 is 0 Å². The zero-order chi connectivity index (χ0) is 24.5. The monoisotopic (exact) mass is 501 g/mol. The quantitative estimate of drug-likeness (QED) is 0.231. The lowest BCUT2D eigenvalue weighted by Gasteiger charge is -2.28. The average molecular weight is 501 g/mol. The molecule has 0 unspecified atom stereocenters. The predicted octanol–water partition coefficient (Wildman–Crippen LogP) is 6.64. The minimum absolute atomic E-state index is 0.253. The molecule has 0 aromatic heterocycles. The van der Waals surface area contributed by atoms with Crippen molar-refractivity contribution in [3.63, 3.8) is 0 Å². The Labute approximate surface area is 200 Å². The fraction of sp³-hybridized carbons (Fsp3) is 0.111. The van der Waals surface area contributed by atoms with Crippen LogP contribution in [0.5, 0.6) is 0 Å². The van der Waals surface area contributed by atoms with Gasteiger partial charge in [-0.2, -0.15) is 0 Å². The van der Waals surface area contributed by atoms with Crippen LogP contribution >= 0.6 is 16.1 Å². The Morgan fingerprint density at radius 3 is 0.882 bits per heavy atom. The summed E-state index contributed by atoms with van der Waals surface area (Å²) >= 11 is 0. The van der Waals surface area contributed by atoms with E-state index in [9.17, 15) is 17.6 Å². The van der Waals surface area contributed by atoms with E-state index < -0.39 is 39.4 Å². The lowest BCUT2D eigenvalue weighted by Crippen LogP contribution is -2.31. The summed E-state index contributed by atoms with van der Waals surface area (Å²) in [7, 11) is -3.62. The molecule has 0 aliphatic rings. The van der Waals surface area contributed by atoms with Gasteiger partial charge in [-0.3, -0.25) is 4.86 Å².